The molecule has 0 radical (unpaired) electrons. The summed E-state index contributed by atoms with van der Waals surface area (Å²) in [4.78, 5) is 5.33. The lowest BCUT2D eigenvalue weighted by atomic mass is 10.1. The van der Waals surface area contributed by atoms with E-state index in [1.807, 2.05) is 43.6 Å². The van der Waals surface area contributed by atoms with Gasteiger partial charge in [-0.3, -0.25) is 0 Å². The Balaban J connectivity index is 1.73. The van der Waals surface area contributed by atoms with Gasteiger partial charge in [0.2, 0.25) is 0 Å². The number of benzene rings is 2. The number of rotatable bonds is 4. The standard InChI is InChI=1S/C18H15N3O/c1-21-12-16(17-8-4-5-9-18(17)21)11-20-22-13-15-7-3-2-6-14(15)10-19/h2-9,11-12H,13H2,1H3/b20-11-. The molecule has 0 atom stereocenters. The van der Waals surface area contributed by atoms with E-state index in [-0.39, 0.29) is 6.61 Å². The molecule has 1 heterocycles. The number of nitriles is 1. The van der Waals surface area contributed by atoms with Crippen molar-refractivity contribution in [2.45, 2.75) is 6.61 Å². The molecule has 4 nitrogen and oxygen atoms in total. The summed E-state index contributed by atoms with van der Waals surface area (Å²) in [5.74, 6) is 0. The predicted molar refractivity (Wildman–Crippen MR) is 86.5 cm³/mol. The second-order valence-corrected chi connectivity index (χ2v) is 4.99. The van der Waals surface area contributed by atoms with Crippen molar-refractivity contribution in [2.75, 3.05) is 0 Å². The maximum atomic E-state index is 9.03. The summed E-state index contributed by atoms with van der Waals surface area (Å²) in [6.07, 6.45) is 3.72. The topological polar surface area (TPSA) is 50.3 Å². The van der Waals surface area contributed by atoms with Crippen LogP contribution in [-0.4, -0.2) is 10.8 Å². The summed E-state index contributed by atoms with van der Waals surface area (Å²) in [6.45, 7) is 0.283. The van der Waals surface area contributed by atoms with Crippen LogP contribution in [0.4, 0.5) is 0 Å². The zero-order chi connectivity index (χ0) is 15.4. The highest BCUT2D eigenvalue weighted by Gasteiger charge is 2.04. The number of hydrogen-bond donors (Lipinski definition) is 0. The molecule has 22 heavy (non-hydrogen) atoms. The Bertz CT molecular complexity index is 871. The molecular weight excluding hydrogens is 274 g/mol. The molecule has 1 aromatic heterocycles. The van der Waals surface area contributed by atoms with Gasteiger partial charge in [-0.15, -0.1) is 0 Å². The van der Waals surface area contributed by atoms with Gasteiger partial charge in [0.1, 0.15) is 6.61 Å². The van der Waals surface area contributed by atoms with E-state index in [9.17, 15) is 0 Å². The maximum absolute atomic E-state index is 9.03. The summed E-state index contributed by atoms with van der Waals surface area (Å²) in [6, 6.07) is 17.6. The molecule has 0 aliphatic heterocycles. The third-order valence-corrected chi connectivity index (χ3v) is 3.55. The van der Waals surface area contributed by atoms with Gasteiger partial charge in [0, 0.05) is 35.3 Å². The van der Waals surface area contributed by atoms with Gasteiger partial charge in [-0.05, 0) is 12.1 Å². The minimum atomic E-state index is 0.283. The molecule has 0 aliphatic carbocycles. The van der Waals surface area contributed by atoms with Crippen molar-refractivity contribution in [2.24, 2.45) is 12.2 Å². The Morgan fingerprint density at radius 2 is 1.95 bits per heavy atom. The molecule has 0 amide bonds. The molecule has 108 valence electrons. The highest BCUT2D eigenvalue weighted by Crippen LogP contribution is 2.18. The van der Waals surface area contributed by atoms with Crippen LogP contribution in [0.2, 0.25) is 0 Å². The Labute approximate surface area is 128 Å². The molecule has 0 unspecified atom stereocenters. The van der Waals surface area contributed by atoms with Gasteiger partial charge in [0.25, 0.3) is 0 Å². The van der Waals surface area contributed by atoms with Crippen molar-refractivity contribution in [3.63, 3.8) is 0 Å². The fraction of sp³-hybridized carbons (Fsp3) is 0.111. The summed E-state index contributed by atoms with van der Waals surface area (Å²) < 4.78 is 2.06. The van der Waals surface area contributed by atoms with Crippen molar-refractivity contribution in [1.82, 2.24) is 4.57 Å². The molecule has 0 saturated heterocycles. The van der Waals surface area contributed by atoms with Crippen LogP contribution < -0.4 is 0 Å². The zero-order valence-electron chi connectivity index (χ0n) is 12.2. The Hall–Kier alpha value is -3.06. The first-order chi connectivity index (χ1) is 10.8. The summed E-state index contributed by atoms with van der Waals surface area (Å²) in [5, 5.41) is 14.2. The maximum Gasteiger partial charge on any atom is 0.143 e. The van der Waals surface area contributed by atoms with Crippen LogP contribution in [0.15, 0.2) is 59.9 Å². The molecule has 3 aromatic rings. The fourth-order valence-corrected chi connectivity index (χ4v) is 2.43. The largest absolute Gasteiger partial charge is 0.391 e. The molecule has 0 spiro atoms. The second-order valence-electron chi connectivity index (χ2n) is 4.99. The Morgan fingerprint density at radius 3 is 2.82 bits per heavy atom. The predicted octanol–water partition coefficient (Wildman–Crippen LogP) is 3.60. The molecule has 4 heteroatoms. The van der Waals surface area contributed by atoms with Crippen LogP contribution in [0, 0.1) is 11.3 Å². The minimum absolute atomic E-state index is 0.283. The van der Waals surface area contributed by atoms with Crippen molar-refractivity contribution in [3.05, 3.63) is 71.4 Å². The summed E-state index contributed by atoms with van der Waals surface area (Å²) in [7, 11) is 2.00. The lowest BCUT2D eigenvalue weighted by molar-refractivity contribution is 0.132. The third-order valence-electron chi connectivity index (χ3n) is 3.55. The SMILES string of the molecule is Cn1cc(/C=N\OCc2ccccc2C#N)c2ccccc21. The monoisotopic (exact) mass is 289 g/mol. The number of oxime groups is 1. The molecule has 0 bridgehead atoms. The summed E-state index contributed by atoms with van der Waals surface area (Å²) >= 11 is 0. The zero-order valence-corrected chi connectivity index (χ0v) is 12.2. The van der Waals surface area contributed by atoms with Crippen molar-refractivity contribution < 1.29 is 4.84 Å². The molecule has 0 N–H and O–H groups in total. The van der Waals surface area contributed by atoms with Crippen LogP contribution in [0.3, 0.4) is 0 Å². The quantitative estimate of drug-likeness (QED) is 0.544. The van der Waals surface area contributed by atoms with Gasteiger partial charge in [-0.25, -0.2) is 0 Å². The van der Waals surface area contributed by atoms with Crippen molar-refractivity contribution in [3.8, 4) is 6.07 Å². The molecule has 3 rings (SSSR count). The van der Waals surface area contributed by atoms with Gasteiger partial charge in [-0.2, -0.15) is 5.26 Å². The van der Waals surface area contributed by atoms with E-state index >= 15 is 0 Å². The molecular formula is C18H15N3O. The van der Waals surface area contributed by atoms with E-state index in [0.29, 0.717) is 5.56 Å². The molecule has 0 fully saturated rings. The van der Waals surface area contributed by atoms with Crippen molar-refractivity contribution in [1.29, 1.82) is 5.26 Å². The fourth-order valence-electron chi connectivity index (χ4n) is 2.43. The van der Waals surface area contributed by atoms with E-state index in [4.69, 9.17) is 10.1 Å². The Morgan fingerprint density at radius 1 is 1.18 bits per heavy atom. The first kappa shape index (κ1) is 13.9. The van der Waals surface area contributed by atoms with Gasteiger partial charge >= 0.3 is 0 Å². The van der Waals surface area contributed by atoms with E-state index in [2.05, 4.69) is 27.9 Å². The number of aromatic nitrogens is 1. The number of nitrogens with zero attached hydrogens (tertiary/aromatic N) is 3. The third kappa shape index (κ3) is 2.70. The van der Waals surface area contributed by atoms with E-state index < -0.39 is 0 Å². The molecule has 2 aromatic carbocycles. The van der Waals surface area contributed by atoms with Crippen LogP contribution in [0.5, 0.6) is 0 Å². The normalized spacial score (nSPS) is 10.9. The first-order valence-electron chi connectivity index (χ1n) is 6.97. The lowest BCUT2D eigenvalue weighted by Gasteiger charge is -2.01. The van der Waals surface area contributed by atoms with E-state index in [1.54, 1.807) is 12.3 Å². The van der Waals surface area contributed by atoms with Gasteiger partial charge < -0.3 is 9.40 Å². The van der Waals surface area contributed by atoms with Gasteiger partial charge in [-0.1, -0.05) is 41.6 Å². The van der Waals surface area contributed by atoms with Crippen LogP contribution in [-0.2, 0) is 18.5 Å². The highest BCUT2D eigenvalue weighted by atomic mass is 16.6. The number of fused-ring (bicyclic) bond motifs is 1. The first-order valence-corrected chi connectivity index (χ1v) is 6.97. The second kappa shape index (κ2) is 6.15. The molecule has 0 aliphatic rings. The van der Waals surface area contributed by atoms with E-state index in [0.717, 1.165) is 22.0 Å². The average Bonchev–Trinajstić information content (AvgIpc) is 2.89. The Kier molecular flexibility index (Phi) is 3.88. The van der Waals surface area contributed by atoms with E-state index in [1.165, 1.54) is 0 Å². The molecule has 0 saturated carbocycles. The highest BCUT2D eigenvalue weighted by molar-refractivity contribution is 5.99. The van der Waals surface area contributed by atoms with Crippen LogP contribution in [0.25, 0.3) is 10.9 Å². The van der Waals surface area contributed by atoms with Gasteiger partial charge in [0.15, 0.2) is 0 Å². The lowest BCUT2D eigenvalue weighted by Crippen LogP contribution is -1.92. The van der Waals surface area contributed by atoms with Crippen LogP contribution >= 0.6 is 0 Å². The van der Waals surface area contributed by atoms with Crippen molar-refractivity contribution >= 4 is 17.1 Å². The van der Waals surface area contributed by atoms with Gasteiger partial charge in [0.05, 0.1) is 17.8 Å². The summed E-state index contributed by atoms with van der Waals surface area (Å²) in [5.41, 5.74) is 3.60. The number of aryl methyl sites for hydroxylation is 1. The minimum Gasteiger partial charge on any atom is -0.391 e. The number of hydrogen-bond acceptors (Lipinski definition) is 3. The smallest absolute Gasteiger partial charge is 0.143 e. The average molecular weight is 289 g/mol. The number of para-hydroxylation sites is 1. The van der Waals surface area contributed by atoms with Crippen LogP contribution in [0.1, 0.15) is 16.7 Å².